The summed E-state index contributed by atoms with van der Waals surface area (Å²) in [7, 11) is 0. The van der Waals surface area contributed by atoms with Crippen molar-refractivity contribution in [1.29, 1.82) is 0 Å². The average Bonchev–Trinajstić information content (AvgIpc) is 2.83. The number of benzene rings is 1. The van der Waals surface area contributed by atoms with Crippen LogP contribution in [-0.2, 0) is 19.0 Å². The van der Waals surface area contributed by atoms with Gasteiger partial charge in [0.25, 0.3) is 0 Å². The molecule has 0 spiro atoms. The largest absolute Gasteiger partial charge is 0.416 e. The van der Waals surface area contributed by atoms with E-state index < -0.39 is 18.0 Å². The molecule has 0 fully saturated rings. The SMILES string of the molecule is OC1CCCc2cnc(Cc3cccc(C(F)(F)F)c3)n21. The molecule has 2 aromatic rings. The first-order chi connectivity index (χ1) is 9.95. The number of imidazole rings is 1. The van der Waals surface area contributed by atoms with Gasteiger partial charge in [-0.3, -0.25) is 0 Å². The maximum Gasteiger partial charge on any atom is 0.416 e. The van der Waals surface area contributed by atoms with E-state index in [0.29, 0.717) is 17.8 Å². The minimum absolute atomic E-state index is 0.279. The highest BCUT2D eigenvalue weighted by Gasteiger charge is 2.30. The van der Waals surface area contributed by atoms with Crippen LogP contribution in [0.3, 0.4) is 0 Å². The van der Waals surface area contributed by atoms with Crippen molar-refractivity contribution in [2.75, 3.05) is 0 Å². The Hall–Kier alpha value is -1.82. The van der Waals surface area contributed by atoms with Crippen LogP contribution in [0.1, 0.15) is 41.7 Å². The van der Waals surface area contributed by atoms with Gasteiger partial charge in [-0.1, -0.05) is 18.2 Å². The lowest BCUT2D eigenvalue weighted by Crippen LogP contribution is -2.19. The molecule has 1 N–H and O–H groups in total. The van der Waals surface area contributed by atoms with Crippen LogP contribution < -0.4 is 0 Å². The first-order valence-electron chi connectivity index (χ1n) is 6.84. The van der Waals surface area contributed by atoms with Crippen molar-refractivity contribution in [2.45, 2.75) is 38.1 Å². The molecule has 21 heavy (non-hydrogen) atoms. The molecule has 112 valence electrons. The Morgan fingerprint density at radius 2 is 2.14 bits per heavy atom. The molecule has 6 heteroatoms. The summed E-state index contributed by atoms with van der Waals surface area (Å²) in [6.45, 7) is 0. The monoisotopic (exact) mass is 296 g/mol. The van der Waals surface area contributed by atoms with Gasteiger partial charge in [0.1, 0.15) is 12.1 Å². The van der Waals surface area contributed by atoms with Crippen LogP contribution in [0.4, 0.5) is 13.2 Å². The zero-order chi connectivity index (χ0) is 15.0. The van der Waals surface area contributed by atoms with Gasteiger partial charge in [0.2, 0.25) is 0 Å². The van der Waals surface area contributed by atoms with E-state index >= 15 is 0 Å². The summed E-state index contributed by atoms with van der Waals surface area (Å²) in [5.74, 6) is 0.608. The van der Waals surface area contributed by atoms with Crippen molar-refractivity contribution in [3.63, 3.8) is 0 Å². The molecule has 1 aromatic heterocycles. The third kappa shape index (κ3) is 2.81. The lowest BCUT2D eigenvalue weighted by atomic mass is 10.1. The summed E-state index contributed by atoms with van der Waals surface area (Å²) >= 11 is 0. The molecule has 3 rings (SSSR count). The lowest BCUT2D eigenvalue weighted by Gasteiger charge is -2.23. The van der Waals surface area contributed by atoms with Gasteiger partial charge in [-0.2, -0.15) is 13.2 Å². The molecule has 3 nitrogen and oxygen atoms in total. The van der Waals surface area contributed by atoms with Crippen LogP contribution >= 0.6 is 0 Å². The van der Waals surface area contributed by atoms with E-state index in [2.05, 4.69) is 4.98 Å². The lowest BCUT2D eigenvalue weighted by molar-refractivity contribution is -0.137. The molecule has 2 heterocycles. The molecule has 0 radical (unpaired) electrons. The van der Waals surface area contributed by atoms with Crippen molar-refractivity contribution >= 4 is 0 Å². The first kappa shape index (κ1) is 14.1. The van der Waals surface area contributed by atoms with Gasteiger partial charge in [0, 0.05) is 18.3 Å². The topological polar surface area (TPSA) is 38.1 Å². The van der Waals surface area contributed by atoms with E-state index in [4.69, 9.17) is 0 Å². The van der Waals surface area contributed by atoms with E-state index in [1.54, 1.807) is 16.8 Å². The summed E-state index contributed by atoms with van der Waals surface area (Å²) < 4.78 is 39.9. The number of aliphatic hydroxyl groups excluding tert-OH is 1. The van der Waals surface area contributed by atoms with Gasteiger partial charge < -0.3 is 9.67 Å². The third-order valence-electron chi connectivity index (χ3n) is 3.76. The zero-order valence-corrected chi connectivity index (χ0v) is 11.3. The second-order valence-corrected chi connectivity index (χ2v) is 5.28. The van der Waals surface area contributed by atoms with Gasteiger partial charge in [-0.15, -0.1) is 0 Å². The molecule has 1 unspecified atom stereocenters. The summed E-state index contributed by atoms with van der Waals surface area (Å²) in [6.07, 6.45) is -0.605. The summed E-state index contributed by atoms with van der Waals surface area (Å²) in [5, 5.41) is 10.0. The Morgan fingerprint density at radius 1 is 1.33 bits per heavy atom. The number of halogens is 3. The molecule has 0 saturated heterocycles. The molecule has 0 saturated carbocycles. The standard InChI is InChI=1S/C15H15F3N2O/c16-15(17,18)11-4-1-3-10(7-11)8-13-19-9-12-5-2-6-14(21)20(12)13/h1,3-4,7,9,14,21H,2,5-6,8H2. The van der Waals surface area contributed by atoms with Crippen LogP contribution in [0.25, 0.3) is 0 Å². The molecule has 0 aliphatic carbocycles. The van der Waals surface area contributed by atoms with Crippen LogP contribution in [0.5, 0.6) is 0 Å². The molecule has 1 aliphatic heterocycles. The molecule has 1 atom stereocenters. The number of aryl methyl sites for hydroxylation is 1. The molecular weight excluding hydrogens is 281 g/mol. The highest BCUT2D eigenvalue weighted by Crippen LogP contribution is 2.30. The van der Waals surface area contributed by atoms with Gasteiger partial charge in [-0.25, -0.2) is 4.98 Å². The molecule has 0 bridgehead atoms. The van der Waals surface area contributed by atoms with Crippen molar-refractivity contribution < 1.29 is 18.3 Å². The Kier molecular flexibility index (Phi) is 3.49. The fourth-order valence-corrected chi connectivity index (χ4v) is 2.75. The Balaban J connectivity index is 1.90. The second kappa shape index (κ2) is 5.18. The smallest absolute Gasteiger partial charge is 0.373 e. The van der Waals surface area contributed by atoms with Gasteiger partial charge >= 0.3 is 6.18 Å². The van der Waals surface area contributed by atoms with Crippen molar-refractivity contribution in [3.8, 4) is 0 Å². The van der Waals surface area contributed by atoms with Crippen molar-refractivity contribution in [2.24, 2.45) is 0 Å². The van der Waals surface area contributed by atoms with Crippen LogP contribution in [0, 0.1) is 0 Å². The van der Waals surface area contributed by atoms with Crippen LogP contribution in [0.2, 0.25) is 0 Å². The molecule has 1 aromatic carbocycles. The third-order valence-corrected chi connectivity index (χ3v) is 3.76. The number of hydrogen-bond donors (Lipinski definition) is 1. The maximum atomic E-state index is 12.7. The Labute approximate surface area is 120 Å². The number of aliphatic hydroxyl groups is 1. The highest BCUT2D eigenvalue weighted by atomic mass is 19.4. The van der Waals surface area contributed by atoms with E-state index in [-0.39, 0.29) is 6.42 Å². The summed E-state index contributed by atoms with van der Waals surface area (Å²) in [6, 6.07) is 5.23. The van der Waals surface area contributed by atoms with E-state index in [0.717, 1.165) is 30.7 Å². The second-order valence-electron chi connectivity index (χ2n) is 5.28. The van der Waals surface area contributed by atoms with Gasteiger partial charge in [0.15, 0.2) is 0 Å². The van der Waals surface area contributed by atoms with E-state index in [1.165, 1.54) is 6.07 Å². The van der Waals surface area contributed by atoms with Crippen molar-refractivity contribution in [3.05, 3.63) is 53.1 Å². The number of fused-ring (bicyclic) bond motifs is 1. The fourth-order valence-electron chi connectivity index (χ4n) is 2.75. The fraction of sp³-hybridized carbons (Fsp3) is 0.400. The van der Waals surface area contributed by atoms with Crippen LogP contribution in [-0.4, -0.2) is 14.7 Å². The Morgan fingerprint density at radius 3 is 2.90 bits per heavy atom. The normalized spacial score (nSPS) is 18.6. The predicted molar refractivity (Wildman–Crippen MR) is 70.7 cm³/mol. The molecular formula is C15H15F3N2O. The Bertz CT molecular complexity index is 649. The minimum atomic E-state index is -4.35. The highest BCUT2D eigenvalue weighted by molar-refractivity contribution is 5.28. The number of aromatic nitrogens is 2. The van der Waals surface area contributed by atoms with Crippen LogP contribution in [0.15, 0.2) is 30.5 Å². The number of alkyl halides is 3. The predicted octanol–water partition coefficient (Wildman–Crippen LogP) is 3.32. The van der Waals surface area contributed by atoms with Gasteiger partial charge in [-0.05, 0) is 30.9 Å². The number of hydrogen-bond acceptors (Lipinski definition) is 2. The zero-order valence-electron chi connectivity index (χ0n) is 11.3. The quantitative estimate of drug-likeness (QED) is 0.923. The van der Waals surface area contributed by atoms with Gasteiger partial charge in [0.05, 0.1) is 5.56 Å². The van der Waals surface area contributed by atoms with E-state index in [9.17, 15) is 18.3 Å². The number of nitrogens with zero attached hydrogens (tertiary/aromatic N) is 2. The van der Waals surface area contributed by atoms with E-state index in [1.807, 2.05) is 0 Å². The molecule has 1 aliphatic rings. The first-order valence-corrected chi connectivity index (χ1v) is 6.84. The average molecular weight is 296 g/mol. The maximum absolute atomic E-state index is 12.7. The molecule has 0 amide bonds. The number of rotatable bonds is 2. The van der Waals surface area contributed by atoms with Crippen molar-refractivity contribution in [1.82, 2.24) is 9.55 Å². The summed E-state index contributed by atoms with van der Waals surface area (Å²) in [4.78, 5) is 4.26. The summed E-state index contributed by atoms with van der Waals surface area (Å²) in [5.41, 5.74) is 0.817. The minimum Gasteiger partial charge on any atom is -0.373 e.